The lowest BCUT2D eigenvalue weighted by atomic mass is 9.98. The second-order valence-corrected chi connectivity index (χ2v) is 7.21. The minimum atomic E-state index is 0.0731. The Hall–Kier alpha value is -1.96. The summed E-state index contributed by atoms with van der Waals surface area (Å²) in [6.45, 7) is 7.30. The van der Waals surface area contributed by atoms with Crippen molar-refractivity contribution in [2.75, 3.05) is 26.3 Å². The zero-order valence-corrected chi connectivity index (χ0v) is 14.6. The standard InChI is InChI=1S/C17H20N4O2S/c1-11-5-3-4-6-13(11)14(20-7-9-23-10-8-20)15-16(22)21-17(24-15)18-12(2)19-21/h3-6,14,22H,7-10H2,1-2H3/p+1/t14-/m0/s1. The van der Waals surface area contributed by atoms with E-state index in [9.17, 15) is 5.11 Å². The van der Waals surface area contributed by atoms with Crippen LogP contribution in [-0.4, -0.2) is 46.0 Å². The quantitative estimate of drug-likeness (QED) is 0.747. The van der Waals surface area contributed by atoms with E-state index in [1.807, 2.05) is 6.92 Å². The Morgan fingerprint density at radius 3 is 2.71 bits per heavy atom. The van der Waals surface area contributed by atoms with Crippen LogP contribution >= 0.6 is 11.3 Å². The molecule has 0 aliphatic carbocycles. The number of benzene rings is 1. The molecule has 4 rings (SSSR count). The van der Waals surface area contributed by atoms with Gasteiger partial charge in [0.2, 0.25) is 10.8 Å². The Morgan fingerprint density at radius 2 is 2.00 bits per heavy atom. The number of aromatic hydroxyl groups is 1. The number of nitrogens with one attached hydrogen (secondary N) is 1. The smallest absolute Gasteiger partial charge is 0.235 e. The predicted octanol–water partition coefficient (Wildman–Crippen LogP) is 1.12. The number of hydrogen-bond acceptors (Lipinski definition) is 5. The molecule has 0 bridgehead atoms. The molecule has 24 heavy (non-hydrogen) atoms. The van der Waals surface area contributed by atoms with Gasteiger partial charge in [-0.3, -0.25) is 0 Å². The number of morpholine rings is 1. The highest BCUT2D eigenvalue weighted by molar-refractivity contribution is 7.17. The normalized spacial score (nSPS) is 17.4. The molecule has 1 aromatic carbocycles. The Bertz CT molecular complexity index is 867. The van der Waals surface area contributed by atoms with E-state index in [0.717, 1.165) is 36.1 Å². The fraction of sp³-hybridized carbons (Fsp3) is 0.412. The number of aryl methyl sites for hydroxylation is 2. The lowest BCUT2D eigenvalue weighted by molar-refractivity contribution is -0.932. The Labute approximate surface area is 144 Å². The molecule has 126 valence electrons. The van der Waals surface area contributed by atoms with Crippen molar-refractivity contribution in [2.45, 2.75) is 19.9 Å². The minimum Gasteiger partial charge on any atom is -0.492 e. The van der Waals surface area contributed by atoms with E-state index in [-0.39, 0.29) is 11.9 Å². The number of ether oxygens (including phenoxy) is 1. The summed E-state index contributed by atoms with van der Waals surface area (Å²) in [5.74, 6) is 0.886. The van der Waals surface area contributed by atoms with Crippen molar-refractivity contribution < 1.29 is 14.7 Å². The van der Waals surface area contributed by atoms with Gasteiger partial charge in [-0.25, -0.2) is 4.98 Å². The predicted molar refractivity (Wildman–Crippen MR) is 91.8 cm³/mol. The number of thiazole rings is 1. The van der Waals surface area contributed by atoms with Gasteiger partial charge >= 0.3 is 0 Å². The maximum absolute atomic E-state index is 10.8. The van der Waals surface area contributed by atoms with Gasteiger partial charge in [0.1, 0.15) is 23.8 Å². The topological polar surface area (TPSA) is 64.1 Å². The summed E-state index contributed by atoms with van der Waals surface area (Å²) in [6, 6.07) is 8.47. The van der Waals surface area contributed by atoms with Crippen molar-refractivity contribution in [3.8, 4) is 5.88 Å². The van der Waals surface area contributed by atoms with E-state index in [1.165, 1.54) is 27.4 Å². The SMILES string of the molecule is Cc1nc2sc([C@H](c3ccccc3C)[NH+]3CCOCC3)c(O)n2n1. The zero-order valence-electron chi connectivity index (χ0n) is 13.8. The highest BCUT2D eigenvalue weighted by atomic mass is 32.1. The van der Waals surface area contributed by atoms with Crippen molar-refractivity contribution in [3.05, 3.63) is 46.1 Å². The van der Waals surface area contributed by atoms with E-state index in [0.29, 0.717) is 5.82 Å². The van der Waals surface area contributed by atoms with Gasteiger partial charge in [0, 0.05) is 5.56 Å². The summed E-state index contributed by atoms with van der Waals surface area (Å²) in [4.78, 5) is 7.49. The molecule has 2 aromatic heterocycles. The number of quaternary nitrogens is 1. The molecule has 6 nitrogen and oxygen atoms in total. The summed E-state index contributed by atoms with van der Waals surface area (Å²) in [7, 11) is 0. The van der Waals surface area contributed by atoms with E-state index in [4.69, 9.17) is 4.74 Å². The molecule has 0 spiro atoms. The van der Waals surface area contributed by atoms with Crippen LogP contribution in [0.4, 0.5) is 0 Å². The molecule has 0 unspecified atom stereocenters. The van der Waals surface area contributed by atoms with Gasteiger partial charge < -0.3 is 14.7 Å². The molecule has 0 amide bonds. The van der Waals surface area contributed by atoms with Crippen molar-refractivity contribution in [2.24, 2.45) is 0 Å². The fourth-order valence-corrected chi connectivity index (χ4v) is 4.59. The average Bonchev–Trinajstić information content (AvgIpc) is 3.09. The first-order valence-corrected chi connectivity index (χ1v) is 8.99. The molecule has 3 aromatic rings. The van der Waals surface area contributed by atoms with Gasteiger partial charge in [-0.2, -0.15) is 4.52 Å². The number of rotatable bonds is 3. The molecular weight excluding hydrogens is 324 g/mol. The maximum atomic E-state index is 10.8. The van der Waals surface area contributed by atoms with Gasteiger partial charge in [-0.15, -0.1) is 5.10 Å². The fourth-order valence-electron chi connectivity index (χ4n) is 3.42. The van der Waals surface area contributed by atoms with Gasteiger partial charge in [-0.05, 0) is 19.4 Å². The molecule has 1 atom stereocenters. The van der Waals surface area contributed by atoms with Crippen LogP contribution in [0.1, 0.15) is 27.9 Å². The van der Waals surface area contributed by atoms with Gasteiger partial charge in [0.25, 0.3) is 0 Å². The summed E-state index contributed by atoms with van der Waals surface area (Å²) < 4.78 is 7.09. The van der Waals surface area contributed by atoms with Crippen LogP contribution in [0.3, 0.4) is 0 Å². The Kier molecular flexibility index (Phi) is 3.99. The second-order valence-electron chi connectivity index (χ2n) is 6.20. The summed E-state index contributed by atoms with van der Waals surface area (Å²) in [6.07, 6.45) is 0. The number of nitrogens with zero attached hydrogens (tertiary/aromatic N) is 3. The summed E-state index contributed by atoms with van der Waals surface area (Å²) >= 11 is 1.53. The van der Waals surface area contributed by atoms with Crippen LogP contribution in [0.5, 0.6) is 5.88 Å². The van der Waals surface area contributed by atoms with Crippen LogP contribution in [0.2, 0.25) is 0 Å². The van der Waals surface area contributed by atoms with E-state index >= 15 is 0 Å². The minimum absolute atomic E-state index is 0.0731. The number of hydrogen-bond donors (Lipinski definition) is 2. The molecule has 1 fully saturated rings. The zero-order chi connectivity index (χ0) is 16.7. The molecule has 1 aliphatic heterocycles. The maximum Gasteiger partial charge on any atom is 0.235 e. The van der Waals surface area contributed by atoms with Crippen molar-refractivity contribution >= 4 is 16.3 Å². The first-order chi connectivity index (χ1) is 11.6. The summed E-state index contributed by atoms with van der Waals surface area (Å²) in [5.41, 5.74) is 2.47. The molecular formula is C17H21N4O2S+. The Balaban J connectivity index is 1.86. The largest absolute Gasteiger partial charge is 0.492 e. The van der Waals surface area contributed by atoms with Gasteiger partial charge in [0.15, 0.2) is 6.04 Å². The average molecular weight is 345 g/mol. The van der Waals surface area contributed by atoms with Crippen LogP contribution in [0, 0.1) is 13.8 Å². The van der Waals surface area contributed by atoms with E-state index in [1.54, 1.807) is 4.52 Å². The van der Waals surface area contributed by atoms with Crippen molar-refractivity contribution in [3.63, 3.8) is 0 Å². The first kappa shape index (κ1) is 15.6. The van der Waals surface area contributed by atoms with E-state index < -0.39 is 0 Å². The van der Waals surface area contributed by atoms with E-state index in [2.05, 4.69) is 41.3 Å². The third-order valence-corrected chi connectivity index (χ3v) is 5.70. The highest BCUT2D eigenvalue weighted by Gasteiger charge is 2.34. The van der Waals surface area contributed by atoms with Crippen molar-refractivity contribution in [1.82, 2.24) is 14.6 Å². The van der Waals surface area contributed by atoms with Gasteiger partial charge in [0.05, 0.1) is 13.2 Å². The van der Waals surface area contributed by atoms with Gasteiger partial charge in [-0.1, -0.05) is 35.6 Å². The molecule has 0 saturated carbocycles. The van der Waals surface area contributed by atoms with Crippen LogP contribution in [-0.2, 0) is 4.74 Å². The number of fused-ring (bicyclic) bond motifs is 1. The lowest BCUT2D eigenvalue weighted by Crippen LogP contribution is -3.14. The van der Waals surface area contributed by atoms with Crippen molar-refractivity contribution in [1.29, 1.82) is 0 Å². The number of aromatic nitrogens is 3. The lowest BCUT2D eigenvalue weighted by Gasteiger charge is -2.31. The van der Waals surface area contributed by atoms with Crippen LogP contribution in [0.15, 0.2) is 24.3 Å². The molecule has 1 saturated heterocycles. The monoisotopic (exact) mass is 345 g/mol. The second kappa shape index (κ2) is 6.16. The molecule has 2 N–H and O–H groups in total. The third-order valence-electron chi connectivity index (χ3n) is 4.61. The first-order valence-electron chi connectivity index (χ1n) is 8.18. The molecule has 3 heterocycles. The highest BCUT2D eigenvalue weighted by Crippen LogP contribution is 2.35. The molecule has 1 aliphatic rings. The third kappa shape index (κ3) is 2.58. The Morgan fingerprint density at radius 1 is 1.25 bits per heavy atom. The van der Waals surface area contributed by atoms with Crippen LogP contribution < -0.4 is 4.90 Å². The van der Waals surface area contributed by atoms with Crippen LogP contribution in [0.25, 0.3) is 4.96 Å². The summed E-state index contributed by atoms with van der Waals surface area (Å²) in [5, 5.41) is 15.1. The molecule has 7 heteroatoms. The molecule has 0 radical (unpaired) electrons.